The molecule has 1 saturated heterocycles. The molecule has 0 aliphatic carbocycles. The van der Waals surface area contributed by atoms with E-state index < -0.39 is 7.26 Å². The second kappa shape index (κ2) is 14.5. The van der Waals surface area contributed by atoms with Crippen molar-refractivity contribution in [2.45, 2.75) is 25.7 Å². The Labute approximate surface area is 217 Å². The minimum atomic E-state index is -1.75. The lowest BCUT2D eigenvalue weighted by molar-refractivity contribution is -0.131. The Morgan fingerprint density at radius 3 is 1.59 bits per heavy atom. The van der Waals surface area contributed by atoms with Crippen molar-refractivity contribution in [2.75, 3.05) is 32.3 Å². The molecule has 1 aliphatic heterocycles. The number of rotatable bonds is 9. The lowest BCUT2D eigenvalue weighted by Crippen LogP contribution is -3.00. The molecule has 34 heavy (non-hydrogen) atoms. The summed E-state index contributed by atoms with van der Waals surface area (Å²) in [4.78, 5) is 14.5. The molecule has 6 heteroatoms. The fourth-order valence-corrected chi connectivity index (χ4v) is 9.17. The Kier molecular flexibility index (Phi) is 12.1. The minimum Gasteiger partial charge on any atom is -1.00 e. The number of unbranched alkanes of at least 4 members (excludes halogenated alkanes) is 2. The first-order valence-corrected chi connectivity index (χ1v) is 13.8. The number of piperazine rings is 1. The molecule has 0 spiro atoms. The molecule has 0 saturated carbocycles. The van der Waals surface area contributed by atoms with E-state index in [1.165, 1.54) is 15.9 Å². The number of hydrogen-bond acceptors (Lipinski definition) is 2. The second-order valence-corrected chi connectivity index (χ2v) is 12.1. The van der Waals surface area contributed by atoms with E-state index in [9.17, 15) is 4.79 Å². The van der Waals surface area contributed by atoms with Crippen LogP contribution >= 0.6 is 19.7 Å². The SMILES string of the molecule is Cl.O=C(CCCCC[P+](c1ccccc1)(c1ccccc1)c1ccccc1)N1CCNCC1.[Cl-]. The van der Waals surface area contributed by atoms with Gasteiger partial charge in [0.2, 0.25) is 5.91 Å². The van der Waals surface area contributed by atoms with Crippen molar-refractivity contribution in [3.63, 3.8) is 0 Å². The molecule has 3 aromatic rings. The molecule has 0 radical (unpaired) electrons. The second-order valence-electron chi connectivity index (χ2n) is 8.48. The van der Waals surface area contributed by atoms with Crippen LogP contribution in [0.15, 0.2) is 91.0 Å². The smallest absolute Gasteiger partial charge is 0.222 e. The lowest BCUT2D eigenvalue weighted by atomic mass is 10.2. The van der Waals surface area contributed by atoms with Gasteiger partial charge in [0.15, 0.2) is 0 Å². The Bertz CT molecular complexity index is 871. The van der Waals surface area contributed by atoms with Gasteiger partial charge in [-0.2, -0.15) is 0 Å². The van der Waals surface area contributed by atoms with Gasteiger partial charge in [-0.05, 0) is 55.7 Å². The largest absolute Gasteiger partial charge is 1.00 e. The van der Waals surface area contributed by atoms with Gasteiger partial charge in [-0.1, -0.05) is 54.6 Å². The van der Waals surface area contributed by atoms with Gasteiger partial charge in [0, 0.05) is 32.6 Å². The third-order valence-corrected chi connectivity index (χ3v) is 11.0. The van der Waals surface area contributed by atoms with Crippen molar-refractivity contribution in [1.29, 1.82) is 0 Å². The number of halogens is 2. The first-order valence-electron chi connectivity index (χ1n) is 11.8. The quantitative estimate of drug-likeness (QED) is 0.344. The molecule has 1 aliphatic rings. The van der Waals surface area contributed by atoms with Gasteiger partial charge in [-0.15, -0.1) is 12.4 Å². The molecule has 1 amide bonds. The summed E-state index contributed by atoms with van der Waals surface area (Å²) in [5.41, 5.74) is 0. The highest BCUT2D eigenvalue weighted by Gasteiger charge is 2.44. The summed E-state index contributed by atoms with van der Waals surface area (Å²) >= 11 is 0. The molecule has 0 bridgehead atoms. The van der Waals surface area contributed by atoms with Crippen molar-refractivity contribution in [1.82, 2.24) is 10.2 Å². The minimum absolute atomic E-state index is 0. The molecule has 182 valence electrons. The van der Waals surface area contributed by atoms with E-state index in [0.717, 1.165) is 51.6 Å². The third-order valence-electron chi connectivity index (χ3n) is 6.44. The molecular formula is C28H35Cl2N2OP. The van der Waals surface area contributed by atoms with E-state index >= 15 is 0 Å². The highest BCUT2D eigenvalue weighted by atomic mass is 35.5. The average molecular weight is 517 g/mol. The monoisotopic (exact) mass is 516 g/mol. The summed E-state index contributed by atoms with van der Waals surface area (Å²) in [5, 5.41) is 7.64. The summed E-state index contributed by atoms with van der Waals surface area (Å²) in [5.74, 6) is 0.321. The van der Waals surface area contributed by atoms with E-state index in [0.29, 0.717) is 12.3 Å². The highest BCUT2D eigenvalue weighted by molar-refractivity contribution is 7.95. The zero-order valence-corrected chi connectivity index (χ0v) is 22.1. The van der Waals surface area contributed by atoms with Crippen LogP contribution in [0.25, 0.3) is 0 Å². The summed E-state index contributed by atoms with van der Waals surface area (Å²) in [7, 11) is -1.75. The topological polar surface area (TPSA) is 32.3 Å². The van der Waals surface area contributed by atoms with Gasteiger partial charge >= 0.3 is 0 Å². The Balaban J connectivity index is 0.00000204. The van der Waals surface area contributed by atoms with Gasteiger partial charge in [0.1, 0.15) is 23.2 Å². The van der Waals surface area contributed by atoms with Gasteiger partial charge in [-0.3, -0.25) is 4.79 Å². The fraction of sp³-hybridized carbons (Fsp3) is 0.321. The highest BCUT2D eigenvalue weighted by Crippen LogP contribution is 2.55. The molecular weight excluding hydrogens is 482 g/mol. The number of nitrogens with one attached hydrogen (secondary N) is 1. The maximum absolute atomic E-state index is 12.5. The van der Waals surface area contributed by atoms with E-state index in [2.05, 4.69) is 96.3 Å². The maximum atomic E-state index is 12.5. The standard InChI is InChI=1S/C28H34N2OP.2ClH/c31-28(30-22-20-29-21-23-30)19-11-4-12-24-32(25-13-5-1-6-14-25,26-15-7-2-8-16-26)27-17-9-3-10-18-27;;/h1-3,5-10,13-18,29H,4,11-12,19-24H2;2*1H/q+1;;/p-1. The predicted octanol–water partition coefficient (Wildman–Crippen LogP) is 1.40. The van der Waals surface area contributed by atoms with Crippen LogP contribution in [0.3, 0.4) is 0 Å². The van der Waals surface area contributed by atoms with E-state index in [-0.39, 0.29) is 24.8 Å². The molecule has 4 rings (SSSR count). The number of nitrogens with zero attached hydrogens (tertiary/aromatic N) is 1. The van der Waals surface area contributed by atoms with Crippen LogP contribution in [-0.2, 0) is 4.79 Å². The van der Waals surface area contributed by atoms with Crippen molar-refractivity contribution < 1.29 is 17.2 Å². The summed E-state index contributed by atoms with van der Waals surface area (Å²) < 4.78 is 0. The predicted molar refractivity (Wildman–Crippen MR) is 145 cm³/mol. The van der Waals surface area contributed by atoms with Gasteiger partial charge in [0.05, 0.1) is 6.16 Å². The Hall–Kier alpha value is -1.90. The van der Waals surface area contributed by atoms with Crippen LogP contribution in [0.4, 0.5) is 0 Å². The maximum Gasteiger partial charge on any atom is 0.222 e. The normalized spacial score (nSPS) is 13.5. The van der Waals surface area contributed by atoms with Gasteiger partial charge < -0.3 is 22.6 Å². The molecule has 3 nitrogen and oxygen atoms in total. The van der Waals surface area contributed by atoms with Crippen LogP contribution < -0.4 is 33.6 Å². The van der Waals surface area contributed by atoms with Crippen LogP contribution in [0.1, 0.15) is 25.7 Å². The summed E-state index contributed by atoms with van der Waals surface area (Å²) in [6.45, 7) is 3.54. The van der Waals surface area contributed by atoms with Crippen LogP contribution in [0.5, 0.6) is 0 Å². The molecule has 1 N–H and O–H groups in total. The number of amides is 1. The Morgan fingerprint density at radius 1 is 0.706 bits per heavy atom. The number of hydrogen-bond donors (Lipinski definition) is 1. The van der Waals surface area contributed by atoms with E-state index in [4.69, 9.17) is 0 Å². The third kappa shape index (κ3) is 6.83. The first-order chi connectivity index (χ1) is 15.8. The molecule has 0 aromatic heterocycles. The number of carbonyl (C=O) groups excluding carboxylic acids is 1. The van der Waals surface area contributed by atoms with Crippen LogP contribution in [0, 0.1) is 0 Å². The lowest BCUT2D eigenvalue weighted by Gasteiger charge is -2.28. The van der Waals surface area contributed by atoms with Gasteiger partial charge in [0.25, 0.3) is 0 Å². The van der Waals surface area contributed by atoms with Crippen LogP contribution in [-0.4, -0.2) is 43.1 Å². The van der Waals surface area contributed by atoms with Gasteiger partial charge in [-0.25, -0.2) is 0 Å². The van der Waals surface area contributed by atoms with E-state index in [1.807, 2.05) is 4.90 Å². The van der Waals surface area contributed by atoms with Crippen molar-refractivity contribution in [3.05, 3.63) is 91.0 Å². The molecule has 1 fully saturated rings. The molecule has 0 atom stereocenters. The van der Waals surface area contributed by atoms with Crippen molar-refractivity contribution in [3.8, 4) is 0 Å². The zero-order chi connectivity index (χ0) is 22.1. The molecule has 0 unspecified atom stereocenters. The first kappa shape index (κ1) is 28.3. The molecule has 3 aromatic carbocycles. The van der Waals surface area contributed by atoms with Crippen LogP contribution in [0.2, 0.25) is 0 Å². The Morgan fingerprint density at radius 2 is 1.15 bits per heavy atom. The molecule has 1 heterocycles. The zero-order valence-electron chi connectivity index (χ0n) is 19.6. The summed E-state index contributed by atoms with van der Waals surface area (Å²) in [6, 6.07) is 33.2. The average Bonchev–Trinajstić information content (AvgIpc) is 2.88. The number of carbonyl (C=O) groups is 1. The fourth-order valence-electron chi connectivity index (χ4n) is 4.76. The van der Waals surface area contributed by atoms with Crippen molar-refractivity contribution in [2.24, 2.45) is 0 Å². The van der Waals surface area contributed by atoms with Crippen molar-refractivity contribution >= 4 is 41.5 Å². The number of benzene rings is 3. The van der Waals surface area contributed by atoms with E-state index in [1.54, 1.807) is 0 Å². The summed E-state index contributed by atoms with van der Waals surface area (Å²) in [6.07, 6.45) is 4.99.